The third kappa shape index (κ3) is 1.90. The number of hydrogen-bond acceptors (Lipinski definition) is 4. The minimum absolute atomic E-state index is 0.193. The smallest absolute Gasteiger partial charge is 0.340 e. The first-order valence-electron chi connectivity index (χ1n) is 4.07. The van der Waals surface area contributed by atoms with Crippen LogP contribution in [0.3, 0.4) is 0 Å². The topological polar surface area (TPSA) is 39.2 Å². The van der Waals surface area contributed by atoms with E-state index in [9.17, 15) is 4.79 Å². The highest BCUT2D eigenvalue weighted by Gasteiger charge is 2.20. The molecule has 84 valence electrons. The van der Waals surface area contributed by atoms with E-state index in [1.807, 2.05) is 0 Å². The highest BCUT2D eigenvalue weighted by Crippen LogP contribution is 2.37. The van der Waals surface area contributed by atoms with E-state index in [2.05, 4.69) is 31.7 Å². The first-order valence-corrected chi connectivity index (χ1v) is 6.68. The molecule has 0 spiro atoms. The molecule has 0 saturated heterocycles. The number of ether oxygens (including phenoxy) is 1. The molecule has 0 radical (unpaired) electrons. The van der Waals surface area contributed by atoms with Crippen LogP contribution in [0.5, 0.6) is 0 Å². The van der Waals surface area contributed by atoms with Crippen LogP contribution in [0.2, 0.25) is 10.0 Å². The van der Waals surface area contributed by atoms with Crippen molar-refractivity contribution in [2.45, 2.75) is 0 Å². The molecule has 0 saturated carbocycles. The number of carbonyl (C=O) groups is 1. The number of esters is 1. The number of rotatable bonds is 1. The summed E-state index contributed by atoms with van der Waals surface area (Å²) in [7, 11) is 1.29. The third-order valence-electron chi connectivity index (χ3n) is 2.00. The predicted molar refractivity (Wildman–Crippen MR) is 73.7 cm³/mol. The molecule has 1 heterocycles. The molecule has 1 aromatic heterocycles. The molecule has 2 rings (SSSR count). The molecule has 0 N–H and O–H groups in total. The Balaban J connectivity index is 2.81. The lowest BCUT2D eigenvalue weighted by molar-refractivity contribution is 0.0601. The van der Waals surface area contributed by atoms with Gasteiger partial charge >= 0.3 is 5.97 Å². The number of carbonyl (C=O) groups excluding carboxylic acids is 1. The molecule has 16 heavy (non-hydrogen) atoms. The van der Waals surface area contributed by atoms with Crippen LogP contribution in [0.1, 0.15) is 10.4 Å². The van der Waals surface area contributed by atoms with E-state index < -0.39 is 5.97 Å². The SMILES string of the molecule is COC(=O)c1c(Cl)cc2c(I)nsc2c1Cl. The maximum absolute atomic E-state index is 11.5. The summed E-state index contributed by atoms with van der Waals surface area (Å²) in [6.45, 7) is 0. The fourth-order valence-corrected chi connectivity index (χ4v) is 3.59. The third-order valence-corrected chi connectivity index (χ3v) is 4.82. The molecule has 0 atom stereocenters. The number of halogens is 3. The van der Waals surface area contributed by atoms with Crippen molar-refractivity contribution < 1.29 is 9.53 Å². The lowest BCUT2D eigenvalue weighted by Crippen LogP contribution is -2.03. The van der Waals surface area contributed by atoms with Crippen LogP contribution in [0.15, 0.2) is 6.07 Å². The van der Waals surface area contributed by atoms with Crippen LogP contribution in [-0.4, -0.2) is 17.5 Å². The Morgan fingerprint density at radius 1 is 1.56 bits per heavy atom. The van der Waals surface area contributed by atoms with Crippen molar-refractivity contribution in [3.8, 4) is 0 Å². The molecule has 2 aromatic rings. The summed E-state index contributed by atoms with van der Waals surface area (Å²) in [6, 6.07) is 1.68. The van der Waals surface area contributed by atoms with Crippen LogP contribution in [0.25, 0.3) is 10.1 Å². The monoisotopic (exact) mass is 387 g/mol. The summed E-state index contributed by atoms with van der Waals surface area (Å²) in [4.78, 5) is 11.5. The lowest BCUT2D eigenvalue weighted by atomic mass is 10.2. The second-order valence-corrected chi connectivity index (χ2v) is 5.47. The van der Waals surface area contributed by atoms with Gasteiger partial charge in [-0.15, -0.1) is 0 Å². The van der Waals surface area contributed by atoms with E-state index in [4.69, 9.17) is 23.2 Å². The minimum Gasteiger partial charge on any atom is -0.465 e. The minimum atomic E-state index is -0.541. The second-order valence-electron chi connectivity index (χ2n) is 2.89. The van der Waals surface area contributed by atoms with E-state index in [1.54, 1.807) is 6.07 Å². The maximum atomic E-state index is 11.5. The van der Waals surface area contributed by atoms with E-state index in [1.165, 1.54) is 18.6 Å². The number of nitrogens with zero attached hydrogens (tertiary/aromatic N) is 1. The van der Waals surface area contributed by atoms with Gasteiger partial charge in [0, 0.05) is 5.39 Å². The molecule has 3 nitrogen and oxygen atoms in total. The number of fused-ring (bicyclic) bond motifs is 1. The average molecular weight is 388 g/mol. The fraction of sp³-hybridized carbons (Fsp3) is 0.111. The number of methoxy groups -OCH3 is 1. The normalized spacial score (nSPS) is 10.8. The number of benzene rings is 1. The van der Waals surface area contributed by atoms with E-state index >= 15 is 0 Å². The summed E-state index contributed by atoms with van der Waals surface area (Å²) < 4.78 is 10.3. The second kappa shape index (κ2) is 4.64. The molecule has 0 fully saturated rings. The zero-order valence-corrected chi connectivity index (χ0v) is 12.4. The Morgan fingerprint density at radius 2 is 2.25 bits per heavy atom. The van der Waals surface area contributed by atoms with Crippen LogP contribution < -0.4 is 0 Å². The van der Waals surface area contributed by atoms with Gasteiger partial charge in [-0.1, -0.05) is 23.2 Å². The maximum Gasteiger partial charge on any atom is 0.340 e. The molecular weight excluding hydrogens is 384 g/mol. The van der Waals surface area contributed by atoms with Gasteiger partial charge in [0.1, 0.15) is 3.70 Å². The van der Waals surface area contributed by atoms with Gasteiger partial charge in [0.2, 0.25) is 0 Å². The van der Waals surface area contributed by atoms with Gasteiger partial charge in [0.15, 0.2) is 0 Å². The van der Waals surface area contributed by atoms with Crippen molar-refractivity contribution in [3.05, 3.63) is 25.4 Å². The van der Waals surface area contributed by atoms with Gasteiger partial charge in [-0.05, 0) is 40.2 Å². The van der Waals surface area contributed by atoms with E-state index in [-0.39, 0.29) is 10.6 Å². The van der Waals surface area contributed by atoms with Crippen molar-refractivity contribution in [1.29, 1.82) is 0 Å². The van der Waals surface area contributed by atoms with Crippen molar-refractivity contribution in [2.75, 3.05) is 7.11 Å². The summed E-state index contributed by atoms with van der Waals surface area (Å²) >= 11 is 15.4. The van der Waals surface area contributed by atoms with Crippen LogP contribution in [0.4, 0.5) is 0 Å². The van der Waals surface area contributed by atoms with E-state index in [0.29, 0.717) is 5.02 Å². The first kappa shape index (κ1) is 12.3. The molecule has 0 amide bonds. The Bertz CT molecular complexity index is 584. The largest absolute Gasteiger partial charge is 0.465 e. The van der Waals surface area contributed by atoms with Gasteiger partial charge < -0.3 is 4.74 Å². The molecule has 1 aromatic carbocycles. The summed E-state index contributed by atoms with van der Waals surface area (Å²) in [5, 5.41) is 1.44. The summed E-state index contributed by atoms with van der Waals surface area (Å²) in [6.07, 6.45) is 0. The zero-order valence-electron chi connectivity index (χ0n) is 7.88. The van der Waals surface area contributed by atoms with Gasteiger partial charge in [-0.25, -0.2) is 4.79 Å². The Kier molecular flexibility index (Phi) is 3.58. The number of hydrogen-bond donors (Lipinski definition) is 0. The predicted octanol–water partition coefficient (Wildman–Crippen LogP) is 3.99. The quantitative estimate of drug-likeness (QED) is 0.548. The molecule has 7 heteroatoms. The zero-order chi connectivity index (χ0) is 11.9. The molecule has 0 unspecified atom stereocenters. The Morgan fingerprint density at radius 3 is 2.88 bits per heavy atom. The molecular formula is C9H4Cl2INO2S. The van der Waals surface area contributed by atoms with Crippen molar-refractivity contribution in [2.24, 2.45) is 0 Å². The van der Waals surface area contributed by atoms with Gasteiger partial charge in [-0.3, -0.25) is 0 Å². The van der Waals surface area contributed by atoms with Gasteiger partial charge in [-0.2, -0.15) is 4.37 Å². The lowest BCUT2D eigenvalue weighted by Gasteiger charge is -2.05. The van der Waals surface area contributed by atoms with Gasteiger partial charge in [0.05, 0.1) is 27.4 Å². The Labute approximate surface area is 119 Å². The average Bonchev–Trinajstić information content (AvgIpc) is 2.60. The fourth-order valence-electron chi connectivity index (χ4n) is 1.27. The first-order chi connectivity index (χ1) is 7.56. The Hall–Kier alpha value is -0.110. The van der Waals surface area contributed by atoms with Crippen molar-refractivity contribution >= 4 is 73.4 Å². The molecule has 0 bridgehead atoms. The summed E-state index contributed by atoms with van der Waals surface area (Å²) in [5.41, 5.74) is 0.193. The molecule has 0 aliphatic heterocycles. The van der Waals surface area contributed by atoms with Crippen LogP contribution >= 0.6 is 57.3 Å². The standard InChI is InChI=1S/C9H4Cl2INO2S/c1-15-9(14)5-4(10)2-3-7(6(5)11)16-13-8(3)12/h2H,1H3. The summed E-state index contributed by atoms with van der Waals surface area (Å²) in [5.74, 6) is -0.541. The van der Waals surface area contributed by atoms with E-state index in [0.717, 1.165) is 13.8 Å². The van der Waals surface area contributed by atoms with Crippen LogP contribution in [-0.2, 0) is 4.74 Å². The highest BCUT2D eigenvalue weighted by atomic mass is 127. The molecule has 0 aliphatic rings. The van der Waals surface area contributed by atoms with Crippen LogP contribution in [0, 0.1) is 3.70 Å². The molecule has 0 aliphatic carbocycles. The van der Waals surface area contributed by atoms with Crippen molar-refractivity contribution in [3.63, 3.8) is 0 Å². The number of aromatic nitrogens is 1. The highest BCUT2D eigenvalue weighted by molar-refractivity contribution is 14.1. The van der Waals surface area contributed by atoms with Crippen molar-refractivity contribution in [1.82, 2.24) is 4.37 Å². The van der Waals surface area contributed by atoms with Gasteiger partial charge in [0.25, 0.3) is 0 Å².